The third-order valence-electron chi connectivity index (χ3n) is 6.25. The molecule has 204 valence electrons. The van der Waals surface area contributed by atoms with Gasteiger partial charge in [-0.15, -0.1) is 0 Å². The summed E-state index contributed by atoms with van der Waals surface area (Å²) in [7, 11) is 0. The van der Waals surface area contributed by atoms with Crippen LogP contribution < -0.4 is 19.6 Å². The fourth-order valence-electron chi connectivity index (χ4n) is 4.43. The average Bonchev–Trinajstić information content (AvgIpc) is 3.22. The van der Waals surface area contributed by atoms with E-state index in [0.29, 0.717) is 27.2 Å². The number of hydrogen-bond donors (Lipinski definition) is 0. The molecular formula is C30H23FI2N2O4S. The highest BCUT2D eigenvalue weighted by molar-refractivity contribution is 14.1. The number of allylic oxidation sites excluding steroid dienone is 1. The van der Waals surface area contributed by atoms with Crippen LogP contribution >= 0.6 is 56.5 Å². The van der Waals surface area contributed by atoms with Crippen molar-refractivity contribution in [2.75, 3.05) is 6.61 Å². The molecule has 5 rings (SSSR count). The van der Waals surface area contributed by atoms with Crippen molar-refractivity contribution in [2.24, 2.45) is 4.99 Å². The van der Waals surface area contributed by atoms with E-state index in [0.717, 1.165) is 24.0 Å². The number of aromatic nitrogens is 1. The lowest BCUT2D eigenvalue weighted by Crippen LogP contribution is -2.39. The minimum Gasteiger partial charge on any atom is -0.487 e. The van der Waals surface area contributed by atoms with Gasteiger partial charge in [-0.3, -0.25) is 9.36 Å². The van der Waals surface area contributed by atoms with Crippen LogP contribution in [-0.4, -0.2) is 17.1 Å². The van der Waals surface area contributed by atoms with Crippen molar-refractivity contribution in [1.82, 2.24) is 4.57 Å². The van der Waals surface area contributed by atoms with Crippen LogP contribution in [0.3, 0.4) is 0 Å². The molecule has 2 heterocycles. The molecule has 1 aliphatic heterocycles. The SMILES string of the molecule is CCOC(=O)C1=C(C)N=c2s/c(=C\c3cc(I)c(OCc4ccccc4)c(I)c3)c(=O)n2[C@@H]1c1ccc(F)cc1. The Bertz CT molecular complexity index is 1780. The summed E-state index contributed by atoms with van der Waals surface area (Å²) in [6.07, 6.45) is 1.82. The number of carbonyl (C=O) groups is 1. The second-order valence-electron chi connectivity index (χ2n) is 8.94. The molecule has 0 spiro atoms. The van der Waals surface area contributed by atoms with E-state index < -0.39 is 17.8 Å². The molecule has 1 atom stereocenters. The van der Waals surface area contributed by atoms with Crippen LogP contribution in [-0.2, 0) is 16.1 Å². The van der Waals surface area contributed by atoms with E-state index >= 15 is 0 Å². The lowest BCUT2D eigenvalue weighted by Gasteiger charge is -2.24. The molecule has 1 aromatic heterocycles. The number of esters is 1. The van der Waals surface area contributed by atoms with Crippen molar-refractivity contribution in [2.45, 2.75) is 26.5 Å². The van der Waals surface area contributed by atoms with Crippen molar-refractivity contribution in [3.8, 4) is 5.75 Å². The predicted octanol–water partition coefficient (Wildman–Crippen LogP) is 5.73. The van der Waals surface area contributed by atoms with Gasteiger partial charge in [0.1, 0.15) is 18.2 Å². The van der Waals surface area contributed by atoms with Crippen LogP contribution in [0.2, 0.25) is 0 Å². The number of nitrogens with zero attached hydrogens (tertiary/aromatic N) is 2. The molecule has 0 saturated heterocycles. The highest BCUT2D eigenvalue weighted by Crippen LogP contribution is 2.32. The number of rotatable bonds is 7. The highest BCUT2D eigenvalue weighted by atomic mass is 127. The molecule has 10 heteroatoms. The molecule has 0 radical (unpaired) electrons. The lowest BCUT2D eigenvalue weighted by atomic mass is 9.96. The zero-order valence-electron chi connectivity index (χ0n) is 21.5. The Hall–Kier alpha value is -2.84. The summed E-state index contributed by atoms with van der Waals surface area (Å²) in [6, 6.07) is 18.9. The summed E-state index contributed by atoms with van der Waals surface area (Å²) in [5.41, 5.74) is 2.94. The van der Waals surface area contributed by atoms with E-state index in [1.165, 1.54) is 28.0 Å². The van der Waals surface area contributed by atoms with Gasteiger partial charge in [-0.25, -0.2) is 14.2 Å². The number of ether oxygens (including phenoxy) is 2. The molecule has 3 aromatic carbocycles. The van der Waals surface area contributed by atoms with Gasteiger partial charge >= 0.3 is 5.97 Å². The first kappa shape index (κ1) is 28.7. The van der Waals surface area contributed by atoms with Crippen LogP contribution in [0, 0.1) is 13.0 Å². The second kappa shape index (κ2) is 12.4. The number of hydrogen-bond acceptors (Lipinski definition) is 6. The van der Waals surface area contributed by atoms with Crippen molar-refractivity contribution in [3.05, 3.63) is 127 Å². The number of halogens is 3. The first-order valence-electron chi connectivity index (χ1n) is 12.4. The van der Waals surface area contributed by atoms with Crippen LogP contribution in [0.5, 0.6) is 5.75 Å². The maximum absolute atomic E-state index is 13.8. The first-order chi connectivity index (χ1) is 19.3. The van der Waals surface area contributed by atoms with Gasteiger partial charge < -0.3 is 9.47 Å². The Balaban J connectivity index is 1.56. The topological polar surface area (TPSA) is 69.9 Å². The minimum atomic E-state index is -0.785. The quantitative estimate of drug-likeness (QED) is 0.178. The maximum atomic E-state index is 13.8. The van der Waals surface area contributed by atoms with E-state index in [2.05, 4.69) is 50.2 Å². The van der Waals surface area contributed by atoms with E-state index in [1.54, 1.807) is 26.0 Å². The van der Waals surface area contributed by atoms with E-state index in [4.69, 9.17) is 9.47 Å². The average molecular weight is 780 g/mol. The predicted molar refractivity (Wildman–Crippen MR) is 169 cm³/mol. The maximum Gasteiger partial charge on any atom is 0.338 e. The Morgan fingerprint density at radius 1 is 1.10 bits per heavy atom. The standard InChI is InChI=1S/C30H23FI2N2O4S/c1-3-38-29(37)25-17(2)34-30-35(26(25)20-9-11-21(31)12-10-20)28(36)24(40-30)15-19-13-22(32)27(23(33)14-19)39-16-18-7-5-4-6-8-18/h4-15,26H,3,16H2,1-2H3/b24-15-/t26-/m1/s1. The summed E-state index contributed by atoms with van der Waals surface area (Å²) in [5.74, 6) is -0.174. The summed E-state index contributed by atoms with van der Waals surface area (Å²) in [5, 5.41) is 0. The van der Waals surface area contributed by atoms with Gasteiger partial charge in [0.25, 0.3) is 5.56 Å². The van der Waals surface area contributed by atoms with Crippen LogP contribution in [0.25, 0.3) is 6.08 Å². The van der Waals surface area contributed by atoms with Gasteiger partial charge in [0.05, 0.1) is 35.6 Å². The van der Waals surface area contributed by atoms with E-state index in [1.807, 2.05) is 48.5 Å². The number of thiazole rings is 1. The molecule has 0 amide bonds. The summed E-state index contributed by atoms with van der Waals surface area (Å²) >= 11 is 5.72. The summed E-state index contributed by atoms with van der Waals surface area (Å²) < 4.78 is 29.0. The fourth-order valence-corrected chi connectivity index (χ4v) is 7.61. The Morgan fingerprint density at radius 3 is 2.42 bits per heavy atom. The van der Waals surface area contributed by atoms with Crippen molar-refractivity contribution >= 4 is 68.6 Å². The third-order valence-corrected chi connectivity index (χ3v) is 8.83. The third kappa shape index (κ3) is 5.93. The normalized spacial score (nSPS) is 15.0. The number of carbonyl (C=O) groups excluding carboxylic acids is 1. The number of benzene rings is 3. The van der Waals surface area contributed by atoms with Crippen LogP contribution in [0.1, 0.15) is 36.6 Å². The summed E-state index contributed by atoms with van der Waals surface area (Å²) in [6.45, 7) is 4.07. The molecule has 4 aromatic rings. The first-order valence-corrected chi connectivity index (χ1v) is 15.3. The minimum absolute atomic E-state index is 0.179. The smallest absolute Gasteiger partial charge is 0.338 e. The summed E-state index contributed by atoms with van der Waals surface area (Å²) in [4.78, 5) is 31.8. The van der Waals surface area contributed by atoms with Crippen molar-refractivity contribution in [1.29, 1.82) is 0 Å². The molecule has 6 nitrogen and oxygen atoms in total. The second-order valence-corrected chi connectivity index (χ2v) is 12.3. The molecule has 0 unspecified atom stereocenters. The van der Waals surface area contributed by atoms with Crippen molar-refractivity contribution < 1.29 is 18.7 Å². The monoisotopic (exact) mass is 780 g/mol. The molecule has 0 aliphatic carbocycles. The van der Waals surface area contributed by atoms with Crippen molar-refractivity contribution in [3.63, 3.8) is 0 Å². The Labute approximate surface area is 261 Å². The largest absolute Gasteiger partial charge is 0.487 e. The Kier molecular flexibility index (Phi) is 8.86. The van der Waals surface area contributed by atoms with E-state index in [-0.39, 0.29) is 17.7 Å². The van der Waals surface area contributed by atoms with E-state index in [9.17, 15) is 14.0 Å². The fraction of sp³-hybridized carbons (Fsp3) is 0.167. The van der Waals surface area contributed by atoms with Gasteiger partial charge in [0.2, 0.25) is 0 Å². The van der Waals surface area contributed by atoms with Gasteiger partial charge in [0, 0.05) is 0 Å². The molecule has 0 N–H and O–H groups in total. The zero-order chi connectivity index (χ0) is 28.4. The van der Waals surface area contributed by atoms with Crippen LogP contribution in [0.4, 0.5) is 4.39 Å². The van der Waals surface area contributed by atoms with Gasteiger partial charge in [-0.2, -0.15) is 0 Å². The van der Waals surface area contributed by atoms with Gasteiger partial charge in [-0.1, -0.05) is 53.8 Å². The zero-order valence-corrected chi connectivity index (χ0v) is 26.6. The highest BCUT2D eigenvalue weighted by Gasteiger charge is 2.33. The molecular weight excluding hydrogens is 757 g/mol. The molecule has 0 fully saturated rings. The van der Waals surface area contributed by atoms with Gasteiger partial charge in [0.15, 0.2) is 4.80 Å². The van der Waals surface area contributed by atoms with Crippen LogP contribution in [0.15, 0.2) is 87.8 Å². The molecule has 1 aliphatic rings. The Morgan fingerprint density at radius 2 is 1.77 bits per heavy atom. The van der Waals surface area contributed by atoms with Gasteiger partial charge in [-0.05, 0) is 106 Å². The molecule has 0 saturated carbocycles. The number of fused-ring (bicyclic) bond motifs is 1. The lowest BCUT2D eigenvalue weighted by molar-refractivity contribution is -0.139. The molecule has 40 heavy (non-hydrogen) atoms. The molecule has 0 bridgehead atoms.